The molecule has 1 aromatic rings. The third-order valence-electron chi connectivity index (χ3n) is 3.23. The summed E-state index contributed by atoms with van der Waals surface area (Å²) in [5.41, 5.74) is 3.79. The van der Waals surface area contributed by atoms with Gasteiger partial charge in [0.25, 0.3) is 17.4 Å². The maximum Gasteiger partial charge on any atom is 0.286 e. The first-order valence-corrected chi connectivity index (χ1v) is 7.20. The van der Waals surface area contributed by atoms with E-state index in [2.05, 4.69) is 30.5 Å². The smallest absolute Gasteiger partial charge is 0.286 e. The molecule has 0 saturated heterocycles. The van der Waals surface area contributed by atoms with E-state index in [0.29, 0.717) is 0 Å². The molecule has 0 saturated carbocycles. The zero-order valence-corrected chi connectivity index (χ0v) is 11.5. The summed E-state index contributed by atoms with van der Waals surface area (Å²) in [6.07, 6.45) is 7.60. The van der Waals surface area contributed by atoms with E-state index >= 15 is 0 Å². The molecular weight excluding hydrogens is 248 g/mol. The highest BCUT2D eigenvalue weighted by Crippen LogP contribution is 2.36. The number of allylic oxidation sites excluding steroid dienone is 3. The first-order chi connectivity index (χ1) is 8.29. The van der Waals surface area contributed by atoms with Crippen molar-refractivity contribution in [3.8, 4) is 0 Å². The molecule has 0 unspecified atom stereocenters. The Labute approximate surface area is 111 Å². The van der Waals surface area contributed by atoms with Gasteiger partial charge in [0.15, 0.2) is 0 Å². The number of nitrogens with zero attached hydrogens (tertiary/aromatic N) is 1. The van der Waals surface area contributed by atoms with E-state index in [1.807, 2.05) is 15.3 Å². The minimum absolute atomic E-state index is 0.891. The molecule has 3 rings (SSSR count). The summed E-state index contributed by atoms with van der Waals surface area (Å²) in [5, 5.41) is 4.74. The summed E-state index contributed by atoms with van der Waals surface area (Å²) in [5.74, 6) is 0. The number of thiophene rings is 1. The summed E-state index contributed by atoms with van der Waals surface area (Å²) >= 11 is 7.44. The monoisotopic (exact) mass is 263 g/mol. The molecule has 0 aromatic carbocycles. The van der Waals surface area contributed by atoms with Crippen LogP contribution in [0.3, 0.4) is 0 Å². The largest absolute Gasteiger partial charge is 0.376 e. The van der Waals surface area contributed by atoms with Gasteiger partial charge in [-0.05, 0) is 25.0 Å². The predicted octanol–water partition coefficient (Wildman–Crippen LogP) is 3.35. The van der Waals surface area contributed by atoms with Crippen LogP contribution in [0.1, 0.15) is 30.2 Å². The number of aryl methyl sites for hydroxylation is 1. The molecule has 0 amide bonds. The fourth-order valence-electron chi connectivity index (χ4n) is 2.29. The second-order valence-electron chi connectivity index (χ2n) is 4.35. The van der Waals surface area contributed by atoms with Gasteiger partial charge in [0.05, 0.1) is 5.56 Å². The zero-order chi connectivity index (χ0) is 11.8. The SMILES string of the molecule is CCc1cc2c(s1)[N+](=S)C1=C(C=CCC1)NC2. The molecule has 2 nitrogen and oxygen atoms in total. The van der Waals surface area contributed by atoms with E-state index in [4.69, 9.17) is 12.4 Å². The van der Waals surface area contributed by atoms with Crippen molar-refractivity contribution >= 4 is 28.8 Å². The van der Waals surface area contributed by atoms with Gasteiger partial charge in [0.1, 0.15) is 5.70 Å². The molecule has 4 heteroatoms. The summed E-state index contributed by atoms with van der Waals surface area (Å²) in [6, 6.07) is 2.29. The van der Waals surface area contributed by atoms with Crippen molar-refractivity contribution in [2.45, 2.75) is 32.7 Å². The summed E-state index contributed by atoms with van der Waals surface area (Å²) in [4.78, 5) is 1.42. The molecule has 2 heterocycles. The Bertz CT molecular complexity index is 538. The average Bonchev–Trinajstić information content (AvgIpc) is 2.74. The molecular formula is C13H15N2S2+. The highest BCUT2D eigenvalue weighted by atomic mass is 32.1. The van der Waals surface area contributed by atoms with Gasteiger partial charge in [-0.15, -0.1) is 0 Å². The summed E-state index contributed by atoms with van der Waals surface area (Å²) in [6.45, 7) is 3.09. The third-order valence-corrected chi connectivity index (χ3v) is 5.05. The average molecular weight is 263 g/mol. The predicted molar refractivity (Wildman–Crippen MR) is 73.2 cm³/mol. The van der Waals surface area contributed by atoms with Gasteiger partial charge in [0.2, 0.25) is 5.70 Å². The summed E-state index contributed by atoms with van der Waals surface area (Å²) in [7, 11) is 0. The molecule has 0 radical (unpaired) electrons. The maximum atomic E-state index is 5.60. The van der Waals surface area contributed by atoms with Gasteiger partial charge in [-0.1, -0.05) is 28.3 Å². The van der Waals surface area contributed by atoms with Crippen molar-refractivity contribution in [3.05, 3.63) is 40.1 Å². The Hall–Kier alpha value is -1.00. The number of hydrogen-bond acceptors (Lipinski definition) is 3. The van der Waals surface area contributed by atoms with Crippen molar-refractivity contribution in [2.75, 3.05) is 0 Å². The van der Waals surface area contributed by atoms with Gasteiger partial charge in [0, 0.05) is 17.8 Å². The Morgan fingerprint density at radius 1 is 1.53 bits per heavy atom. The fourth-order valence-corrected chi connectivity index (χ4v) is 3.75. The van der Waals surface area contributed by atoms with Crippen molar-refractivity contribution in [2.24, 2.45) is 0 Å². The van der Waals surface area contributed by atoms with Gasteiger partial charge in [-0.3, -0.25) is 0 Å². The van der Waals surface area contributed by atoms with Gasteiger partial charge in [-0.2, -0.15) is 0 Å². The normalized spacial score (nSPS) is 18.5. The van der Waals surface area contributed by atoms with E-state index < -0.39 is 0 Å². The Morgan fingerprint density at radius 2 is 2.41 bits per heavy atom. The number of nitrogens with one attached hydrogen (secondary N) is 1. The molecule has 17 heavy (non-hydrogen) atoms. The van der Waals surface area contributed by atoms with E-state index in [1.165, 1.54) is 26.8 Å². The van der Waals surface area contributed by atoms with Crippen molar-refractivity contribution in [1.82, 2.24) is 5.32 Å². The molecule has 0 fully saturated rings. The summed E-state index contributed by atoms with van der Waals surface area (Å²) < 4.78 is 1.97. The van der Waals surface area contributed by atoms with Crippen molar-refractivity contribution < 1.29 is 3.95 Å². The quantitative estimate of drug-likeness (QED) is 0.782. The topological polar surface area (TPSA) is 15.0 Å². The number of fused-ring (bicyclic) bond motifs is 1. The van der Waals surface area contributed by atoms with Gasteiger partial charge >= 0.3 is 0 Å². The van der Waals surface area contributed by atoms with Crippen LogP contribution >= 0.6 is 11.3 Å². The number of rotatable bonds is 1. The molecule has 0 bridgehead atoms. The minimum atomic E-state index is 0.891. The zero-order valence-electron chi connectivity index (χ0n) is 9.82. The first-order valence-electron chi connectivity index (χ1n) is 6.02. The van der Waals surface area contributed by atoms with Gasteiger partial charge < -0.3 is 5.32 Å². The van der Waals surface area contributed by atoms with Crippen LogP contribution in [-0.2, 0) is 25.4 Å². The molecule has 0 atom stereocenters. The highest BCUT2D eigenvalue weighted by molar-refractivity contribution is 7.44. The van der Waals surface area contributed by atoms with Crippen LogP contribution in [-0.4, -0.2) is 3.95 Å². The Balaban J connectivity index is 2.07. The Kier molecular flexibility index (Phi) is 2.84. The lowest BCUT2D eigenvalue weighted by molar-refractivity contribution is -0.349. The molecule has 88 valence electrons. The van der Waals surface area contributed by atoms with Gasteiger partial charge in [-0.25, -0.2) is 0 Å². The van der Waals surface area contributed by atoms with Crippen molar-refractivity contribution in [3.63, 3.8) is 0 Å². The lowest BCUT2D eigenvalue weighted by Crippen LogP contribution is -2.14. The molecule has 1 aliphatic carbocycles. The highest BCUT2D eigenvalue weighted by Gasteiger charge is 2.30. The maximum absolute atomic E-state index is 5.60. The van der Waals surface area contributed by atoms with E-state index in [0.717, 1.165) is 25.8 Å². The van der Waals surface area contributed by atoms with E-state index in [9.17, 15) is 0 Å². The molecule has 1 aromatic heterocycles. The lowest BCUT2D eigenvalue weighted by Gasteiger charge is -2.08. The molecule has 0 spiro atoms. The van der Waals surface area contributed by atoms with Crippen LogP contribution in [0.4, 0.5) is 5.00 Å². The van der Waals surface area contributed by atoms with Crippen LogP contribution in [0, 0.1) is 0 Å². The lowest BCUT2D eigenvalue weighted by atomic mass is 10.1. The van der Waals surface area contributed by atoms with E-state index in [1.54, 1.807) is 0 Å². The first kappa shape index (κ1) is 11.1. The third kappa shape index (κ3) is 1.85. The second-order valence-corrected chi connectivity index (χ2v) is 5.83. The van der Waals surface area contributed by atoms with Crippen LogP contribution in [0.15, 0.2) is 29.6 Å². The van der Waals surface area contributed by atoms with Crippen LogP contribution in [0.25, 0.3) is 0 Å². The fraction of sp³-hybridized carbons (Fsp3) is 0.385. The van der Waals surface area contributed by atoms with Crippen LogP contribution < -0.4 is 5.32 Å². The van der Waals surface area contributed by atoms with Crippen molar-refractivity contribution in [1.29, 1.82) is 0 Å². The Morgan fingerprint density at radius 3 is 3.24 bits per heavy atom. The second kappa shape index (κ2) is 4.35. The number of hydrogen-bond donors (Lipinski definition) is 1. The molecule has 1 N–H and O–H groups in total. The standard InChI is InChI=1S/C13H15N2S2/c1-2-10-7-9-8-14-11-5-3-4-6-12(11)15(16)13(9)17-10/h3,5,7,14H,2,4,6,8H2,1H3/q+1. The van der Waals surface area contributed by atoms with Crippen LogP contribution in [0.2, 0.25) is 0 Å². The molecule has 2 aliphatic rings. The molecule has 1 aliphatic heterocycles. The minimum Gasteiger partial charge on any atom is -0.376 e. The van der Waals surface area contributed by atoms with Crippen LogP contribution in [0.5, 0.6) is 0 Å². The van der Waals surface area contributed by atoms with E-state index in [-0.39, 0.29) is 0 Å².